The molecular formula is C15H18N2. The SMILES string of the molecule is Cc1cc(N2CCCCC2)c2ccccc2n1. The zero-order chi connectivity index (χ0) is 11.7. The Hall–Kier alpha value is -1.57. The summed E-state index contributed by atoms with van der Waals surface area (Å²) in [6.45, 7) is 4.46. The Kier molecular flexibility index (Phi) is 2.71. The van der Waals surface area contributed by atoms with E-state index >= 15 is 0 Å². The van der Waals surface area contributed by atoms with Crippen molar-refractivity contribution < 1.29 is 0 Å². The number of hydrogen-bond acceptors (Lipinski definition) is 2. The van der Waals surface area contributed by atoms with Crippen LogP contribution in [0.2, 0.25) is 0 Å². The van der Waals surface area contributed by atoms with Gasteiger partial charge in [0.2, 0.25) is 0 Å². The maximum atomic E-state index is 4.60. The molecule has 1 aliphatic heterocycles. The highest BCUT2D eigenvalue weighted by atomic mass is 15.1. The second kappa shape index (κ2) is 4.36. The first-order valence-electron chi connectivity index (χ1n) is 6.46. The topological polar surface area (TPSA) is 16.1 Å². The standard InChI is InChI=1S/C15H18N2/c1-12-11-15(17-9-5-2-6-10-17)13-7-3-4-8-14(13)16-12/h3-4,7-8,11H,2,5-6,9-10H2,1H3. The summed E-state index contributed by atoms with van der Waals surface area (Å²) in [5, 5.41) is 1.29. The van der Waals surface area contributed by atoms with Gasteiger partial charge in [0.1, 0.15) is 0 Å². The second-order valence-corrected chi connectivity index (χ2v) is 4.85. The van der Waals surface area contributed by atoms with Crippen LogP contribution in [0.4, 0.5) is 5.69 Å². The molecule has 17 heavy (non-hydrogen) atoms. The van der Waals surface area contributed by atoms with Crippen molar-refractivity contribution in [2.75, 3.05) is 18.0 Å². The van der Waals surface area contributed by atoms with Crippen LogP contribution in [0.3, 0.4) is 0 Å². The van der Waals surface area contributed by atoms with Crippen LogP contribution in [-0.4, -0.2) is 18.1 Å². The number of hydrogen-bond donors (Lipinski definition) is 0. The number of piperidine rings is 1. The Morgan fingerprint density at radius 2 is 1.82 bits per heavy atom. The zero-order valence-electron chi connectivity index (χ0n) is 10.3. The van der Waals surface area contributed by atoms with E-state index in [9.17, 15) is 0 Å². The molecule has 2 aromatic rings. The van der Waals surface area contributed by atoms with Gasteiger partial charge in [0.25, 0.3) is 0 Å². The van der Waals surface area contributed by atoms with Crippen LogP contribution in [-0.2, 0) is 0 Å². The number of benzene rings is 1. The monoisotopic (exact) mass is 226 g/mol. The van der Waals surface area contributed by atoms with Crippen molar-refractivity contribution in [1.29, 1.82) is 0 Å². The lowest BCUT2D eigenvalue weighted by Gasteiger charge is -2.30. The summed E-state index contributed by atoms with van der Waals surface area (Å²) in [6, 6.07) is 10.7. The average Bonchev–Trinajstić information content (AvgIpc) is 2.39. The molecule has 1 aromatic heterocycles. The van der Waals surface area contributed by atoms with Crippen molar-refractivity contribution in [3.8, 4) is 0 Å². The zero-order valence-corrected chi connectivity index (χ0v) is 10.3. The average molecular weight is 226 g/mol. The molecule has 0 radical (unpaired) electrons. The molecule has 2 nitrogen and oxygen atoms in total. The van der Waals surface area contributed by atoms with Gasteiger partial charge in [-0.3, -0.25) is 4.98 Å². The Morgan fingerprint density at radius 3 is 2.65 bits per heavy atom. The molecule has 1 aromatic carbocycles. The summed E-state index contributed by atoms with van der Waals surface area (Å²) in [5.41, 5.74) is 3.60. The molecule has 0 aliphatic carbocycles. The highest BCUT2D eigenvalue weighted by molar-refractivity contribution is 5.91. The molecule has 0 saturated carbocycles. The molecule has 0 bridgehead atoms. The molecule has 2 heterocycles. The highest BCUT2D eigenvalue weighted by Crippen LogP contribution is 2.28. The summed E-state index contributed by atoms with van der Waals surface area (Å²) in [7, 11) is 0. The molecule has 88 valence electrons. The third-order valence-corrected chi connectivity index (χ3v) is 3.52. The molecule has 1 fully saturated rings. The van der Waals surface area contributed by atoms with Crippen molar-refractivity contribution in [2.24, 2.45) is 0 Å². The normalized spacial score (nSPS) is 16.4. The Labute approximate surface area is 102 Å². The number of para-hydroxylation sites is 1. The number of aromatic nitrogens is 1. The van der Waals surface area contributed by atoms with Gasteiger partial charge >= 0.3 is 0 Å². The van der Waals surface area contributed by atoms with Gasteiger partial charge in [0.05, 0.1) is 5.52 Å². The third kappa shape index (κ3) is 1.99. The van der Waals surface area contributed by atoms with E-state index in [1.165, 1.54) is 43.4 Å². The van der Waals surface area contributed by atoms with Crippen LogP contribution in [0.15, 0.2) is 30.3 Å². The minimum atomic E-state index is 1.12. The van der Waals surface area contributed by atoms with E-state index < -0.39 is 0 Å². The van der Waals surface area contributed by atoms with E-state index in [2.05, 4.69) is 47.1 Å². The lowest BCUT2D eigenvalue weighted by atomic mass is 10.1. The molecule has 0 unspecified atom stereocenters. The predicted molar refractivity (Wildman–Crippen MR) is 72.5 cm³/mol. The van der Waals surface area contributed by atoms with Gasteiger partial charge in [-0.25, -0.2) is 0 Å². The molecule has 3 rings (SSSR count). The van der Waals surface area contributed by atoms with Gasteiger partial charge in [0, 0.05) is 29.9 Å². The van der Waals surface area contributed by atoms with Crippen LogP contribution in [0.25, 0.3) is 10.9 Å². The number of aryl methyl sites for hydroxylation is 1. The number of fused-ring (bicyclic) bond motifs is 1. The van der Waals surface area contributed by atoms with Gasteiger partial charge in [0.15, 0.2) is 0 Å². The summed E-state index contributed by atoms with van der Waals surface area (Å²) >= 11 is 0. The molecular weight excluding hydrogens is 208 g/mol. The summed E-state index contributed by atoms with van der Waals surface area (Å²) in [4.78, 5) is 7.12. The number of rotatable bonds is 1. The molecule has 0 spiro atoms. The molecule has 0 atom stereocenters. The Bertz CT molecular complexity index is 527. The van der Waals surface area contributed by atoms with E-state index in [-0.39, 0.29) is 0 Å². The molecule has 2 heteroatoms. The van der Waals surface area contributed by atoms with Crippen molar-refractivity contribution in [2.45, 2.75) is 26.2 Å². The fraction of sp³-hybridized carbons (Fsp3) is 0.400. The Morgan fingerprint density at radius 1 is 1.06 bits per heavy atom. The van der Waals surface area contributed by atoms with Gasteiger partial charge in [-0.05, 0) is 38.3 Å². The third-order valence-electron chi connectivity index (χ3n) is 3.52. The van der Waals surface area contributed by atoms with E-state index in [0.717, 1.165) is 11.2 Å². The maximum Gasteiger partial charge on any atom is 0.0726 e. The van der Waals surface area contributed by atoms with Crippen molar-refractivity contribution in [1.82, 2.24) is 4.98 Å². The summed E-state index contributed by atoms with van der Waals surface area (Å²) in [6.07, 6.45) is 4.00. The van der Waals surface area contributed by atoms with Crippen LogP contribution in [0, 0.1) is 6.92 Å². The Balaban J connectivity index is 2.13. The van der Waals surface area contributed by atoms with E-state index in [4.69, 9.17) is 0 Å². The first-order valence-corrected chi connectivity index (χ1v) is 6.46. The van der Waals surface area contributed by atoms with Crippen LogP contribution in [0.5, 0.6) is 0 Å². The molecule has 0 N–H and O–H groups in total. The fourth-order valence-electron chi connectivity index (χ4n) is 2.68. The molecule has 1 aliphatic rings. The van der Waals surface area contributed by atoms with E-state index in [1.807, 2.05) is 0 Å². The van der Waals surface area contributed by atoms with Crippen LogP contribution in [0.1, 0.15) is 25.0 Å². The summed E-state index contributed by atoms with van der Waals surface area (Å²) < 4.78 is 0. The first-order chi connectivity index (χ1) is 8.34. The van der Waals surface area contributed by atoms with Crippen molar-refractivity contribution in [3.05, 3.63) is 36.0 Å². The summed E-state index contributed by atoms with van der Waals surface area (Å²) in [5.74, 6) is 0. The number of nitrogens with zero attached hydrogens (tertiary/aromatic N) is 2. The van der Waals surface area contributed by atoms with Gasteiger partial charge < -0.3 is 4.90 Å². The van der Waals surface area contributed by atoms with Crippen molar-refractivity contribution >= 4 is 16.6 Å². The first kappa shape index (κ1) is 10.6. The molecule has 1 saturated heterocycles. The largest absolute Gasteiger partial charge is 0.371 e. The highest BCUT2D eigenvalue weighted by Gasteiger charge is 2.14. The van der Waals surface area contributed by atoms with E-state index in [1.54, 1.807) is 0 Å². The minimum Gasteiger partial charge on any atom is -0.371 e. The minimum absolute atomic E-state index is 1.12. The van der Waals surface area contributed by atoms with Crippen LogP contribution < -0.4 is 4.90 Å². The van der Waals surface area contributed by atoms with Gasteiger partial charge in [-0.1, -0.05) is 18.2 Å². The number of anilines is 1. The van der Waals surface area contributed by atoms with Crippen molar-refractivity contribution in [3.63, 3.8) is 0 Å². The number of pyridine rings is 1. The smallest absolute Gasteiger partial charge is 0.0726 e. The predicted octanol–water partition coefficient (Wildman–Crippen LogP) is 3.53. The maximum absolute atomic E-state index is 4.60. The lowest BCUT2D eigenvalue weighted by molar-refractivity contribution is 0.579. The fourth-order valence-corrected chi connectivity index (χ4v) is 2.68. The quantitative estimate of drug-likeness (QED) is 0.739. The van der Waals surface area contributed by atoms with Gasteiger partial charge in [-0.15, -0.1) is 0 Å². The lowest BCUT2D eigenvalue weighted by Crippen LogP contribution is -2.29. The second-order valence-electron chi connectivity index (χ2n) is 4.85. The van der Waals surface area contributed by atoms with E-state index in [0.29, 0.717) is 0 Å². The van der Waals surface area contributed by atoms with Gasteiger partial charge in [-0.2, -0.15) is 0 Å². The molecule has 0 amide bonds. The van der Waals surface area contributed by atoms with Crippen LogP contribution >= 0.6 is 0 Å².